The molecule has 0 saturated heterocycles. The van der Waals surface area contributed by atoms with Crippen LogP contribution in [0.15, 0.2) is 17.0 Å². The molecule has 0 bridgehead atoms. The zero-order valence-corrected chi connectivity index (χ0v) is 25.3. The molecule has 2 aliphatic carbocycles. The average Bonchev–Trinajstić information content (AvgIpc) is 3.42. The fourth-order valence-corrected chi connectivity index (χ4v) is 9.33. The molecule has 2 heterocycles. The summed E-state index contributed by atoms with van der Waals surface area (Å²) in [5.74, 6) is -1.54. The highest BCUT2D eigenvalue weighted by atomic mass is 32.2. The van der Waals surface area contributed by atoms with E-state index >= 15 is 4.39 Å². The highest BCUT2D eigenvalue weighted by molar-refractivity contribution is 7.91. The molecule has 3 aliphatic rings. The Morgan fingerprint density at radius 2 is 1.83 bits per heavy atom. The van der Waals surface area contributed by atoms with E-state index in [1.54, 1.807) is 6.07 Å². The first-order valence-electron chi connectivity index (χ1n) is 14.6. The molecule has 11 heteroatoms. The number of benzene rings is 1. The van der Waals surface area contributed by atoms with Crippen LogP contribution < -0.4 is 16.4 Å². The minimum absolute atomic E-state index is 0.0558. The van der Waals surface area contributed by atoms with Gasteiger partial charge in [-0.25, -0.2) is 12.8 Å². The second-order valence-electron chi connectivity index (χ2n) is 13.0. The molecule has 0 unspecified atom stereocenters. The van der Waals surface area contributed by atoms with Crippen LogP contribution in [0.4, 0.5) is 10.1 Å². The Hall–Kier alpha value is -2.92. The van der Waals surface area contributed by atoms with Gasteiger partial charge in [0, 0.05) is 36.4 Å². The Morgan fingerprint density at radius 3 is 2.49 bits per heavy atom. The topological polar surface area (TPSA) is 127 Å². The maximum Gasteiger partial charge on any atom is 0.253 e. The standard InChI is InChI=1S/C30H42FN5O4S/c1-30(2)16-25-27(41(39,40)17-30)21-6-5-7-24(21)36(25)20-14-22(31)26(28(32)37)23(15-20)34-19-10-8-18(9-11-19)29(38)33-12-13-35(3)4/h14-15,18-19,34H,5-13,16-17H2,1-4H3,(H2,32,37)(H,33,38)/t18-,19-. The predicted molar refractivity (Wildman–Crippen MR) is 157 cm³/mol. The monoisotopic (exact) mass is 587 g/mol. The Kier molecular flexibility index (Phi) is 7.97. The van der Waals surface area contributed by atoms with Crippen LogP contribution in [-0.4, -0.2) is 68.7 Å². The normalized spacial score (nSPS) is 22.7. The first-order valence-corrected chi connectivity index (χ1v) is 16.2. The van der Waals surface area contributed by atoms with E-state index in [1.807, 2.05) is 37.4 Å². The Labute approximate surface area is 242 Å². The number of hydrogen-bond acceptors (Lipinski definition) is 6. The summed E-state index contributed by atoms with van der Waals surface area (Å²) in [5, 5.41) is 6.36. The van der Waals surface area contributed by atoms with E-state index < -0.39 is 27.0 Å². The molecule has 0 radical (unpaired) electrons. The fourth-order valence-electron chi connectivity index (χ4n) is 6.94. The molecule has 4 N–H and O–H groups in total. The second kappa shape index (κ2) is 11.1. The van der Waals surface area contributed by atoms with Crippen LogP contribution in [0.2, 0.25) is 0 Å². The van der Waals surface area contributed by atoms with E-state index in [2.05, 4.69) is 10.6 Å². The first-order chi connectivity index (χ1) is 19.3. The molecule has 1 fully saturated rings. The molecule has 0 spiro atoms. The van der Waals surface area contributed by atoms with Gasteiger partial charge in [0.05, 0.1) is 27.6 Å². The molecule has 9 nitrogen and oxygen atoms in total. The van der Waals surface area contributed by atoms with Crippen LogP contribution >= 0.6 is 0 Å². The van der Waals surface area contributed by atoms with Crippen molar-refractivity contribution in [2.75, 3.05) is 38.3 Å². The summed E-state index contributed by atoms with van der Waals surface area (Å²) in [5.41, 5.74) is 8.23. The van der Waals surface area contributed by atoms with Gasteiger partial charge in [0.1, 0.15) is 5.82 Å². The smallest absolute Gasteiger partial charge is 0.253 e. The number of anilines is 1. The van der Waals surface area contributed by atoms with E-state index in [-0.39, 0.29) is 29.2 Å². The number of nitrogens with one attached hydrogen (secondary N) is 2. The molecule has 1 aromatic heterocycles. The largest absolute Gasteiger partial charge is 0.382 e. The average molecular weight is 588 g/mol. The van der Waals surface area contributed by atoms with Gasteiger partial charge in [0.25, 0.3) is 5.91 Å². The number of fused-ring (bicyclic) bond motifs is 3. The minimum Gasteiger partial charge on any atom is -0.382 e. The lowest BCUT2D eigenvalue weighted by molar-refractivity contribution is -0.125. The molecule has 41 heavy (non-hydrogen) atoms. The number of carbonyl (C=O) groups excluding carboxylic acids is 2. The molecular weight excluding hydrogens is 545 g/mol. The molecule has 224 valence electrons. The maximum atomic E-state index is 15.6. The minimum atomic E-state index is -3.49. The molecular formula is C30H42FN5O4S. The lowest BCUT2D eigenvalue weighted by Gasteiger charge is -2.31. The van der Waals surface area contributed by atoms with Crippen molar-refractivity contribution in [3.8, 4) is 5.69 Å². The highest BCUT2D eigenvalue weighted by Gasteiger charge is 2.42. The van der Waals surface area contributed by atoms with Crippen molar-refractivity contribution < 1.29 is 22.4 Å². The van der Waals surface area contributed by atoms with Crippen molar-refractivity contribution in [2.24, 2.45) is 17.1 Å². The van der Waals surface area contributed by atoms with Gasteiger partial charge in [-0.1, -0.05) is 13.8 Å². The third-order valence-electron chi connectivity index (χ3n) is 8.70. The SMILES string of the molecule is CN(C)CCNC(=O)[C@H]1CC[C@H](Nc2cc(-n3c4c(c5c3CC(C)(C)CS5(=O)=O)CCC4)cc(F)c2C(N)=O)CC1. The van der Waals surface area contributed by atoms with Crippen molar-refractivity contribution in [2.45, 2.75) is 76.2 Å². The van der Waals surface area contributed by atoms with Gasteiger partial charge >= 0.3 is 0 Å². The Balaban J connectivity index is 1.44. The number of hydrogen-bond donors (Lipinski definition) is 3. The number of nitrogens with two attached hydrogens (primary N) is 1. The number of primary amides is 1. The van der Waals surface area contributed by atoms with Crippen LogP contribution in [0.25, 0.3) is 5.69 Å². The highest BCUT2D eigenvalue weighted by Crippen LogP contribution is 2.45. The number of nitrogens with zero attached hydrogens (tertiary/aromatic N) is 2. The second-order valence-corrected chi connectivity index (χ2v) is 14.9. The molecule has 1 saturated carbocycles. The summed E-state index contributed by atoms with van der Waals surface area (Å²) in [4.78, 5) is 27.4. The molecule has 2 amide bonds. The van der Waals surface area contributed by atoms with Gasteiger partial charge in [0.2, 0.25) is 5.91 Å². The van der Waals surface area contributed by atoms with Crippen LogP contribution in [0.3, 0.4) is 0 Å². The lowest BCUT2D eigenvalue weighted by Crippen LogP contribution is -2.38. The van der Waals surface area contributed by atoms with E-state index in [1.165, 1.54) is 6.07 Å². The van der Waals surface area contributed by atoms with E-state index in [0.29, 0.717) is 73.5 Å². The molecule has 2 aromatic rings. The van der Waals surface area contributed by atoms with Crippen molar-refractivity contribution in [3.05, 3.63) is 40.5 Å². The summed E-state index contributed by atoms with van der Waals surface area (Å²) in [7, 11) is 0.432. The molecule has 1 aliphatic heterocycles. The third kappa shape index (κ3) is 5.88. The van der Waals surface area contributed by atoms with Crippen LogP contribution in [0.5, 0.6) is 0 Å². The molecule has 0 atom stereocenters. The van der Waals surface area contributed by atoms with Crippen LogP contribution in [0, 0.1) is 17.2 Å². The zero-order valence-electron chi connectivity index (χ0n) is 24.5. The summed E-state index contributed by atoms with van der Waals surface area (Å²) < 4.78 is 44.3. The first kappa shape index (κ1) is 29.6. The molecule has 1 aromatic carbocycles. The van der Waals surface area contributed by atoms with Gasteiger partial charge < -0.3 is 25.8 Å². The van der Waals surface area contributed by atoms with Crippen molar-refractivity contribution in [1.29, 1.82) is 0 Å². The third-order valence-corrected chi connectivity index (χ3v) is 11.0. The van der Waals surface area contributed by atoms with Crippen molar-refractivity contribution in [3.63, 3.8) is 0 Å². The number of aromatic nitrogens is 1. The van der Waals surface area contributed by atoms with Crippen molar-refractivity contribution in [1.82, 2.24) is 14.8 Å². The van der Waals surface area contributed by atoms with E-state index in [4.69, 9.17) is 5.73 Å². The summed E-state index contributed by atoms with van der Waals surface area (Å²) >= 11 is 0. The van der Waals surface area contributed by atoms with Gasteiger partial charge in [0.15, 0.2) is 9.84 Å². The number of halogens is 1. The number of carbonyl (C=O) groups is 2. The zero-order chi connectivity index (χ0) is 29.7. The van der Waals surface area contributed by atoms with Gasteiger partial charge in [-0.3, -0.25) is 9.59 Å². The summed E-state index contributed by atoms with van der Waals surface area (Å²) in [6.45, 7) is 5.26. The Morgan fingerprint density at radius 1 is 1.12 bits per heavy atom. The van der Waals surface area contributed by atoms with Gasteiger partial charge in [-0.15, -0.1) is 0 Å². The number of sulfone groups is 1. The maximum absolute atomic E-state index is 15.6. The summed E-state index contributed by atoms with van der Waals surface area (Å²) in [6.07, 6.45) is 5.54. The predicted octanol–water partition coefficient (Wildman–Crippen LogP) is 3.21. The fraction of sp³-hybridized carbons (Fsp3) is 0.600. The number of rotatable bonds is 8. The molecule has 5 rings (SSSR count). The van der Waals surface area contributed by atoms with Crippen molar-refractivity contribution >= 4 is 27.3 Å². The van der Waals surface area contributed by atoms with Gasteiger partial charge in [-0.2, -0.15) is 0 Å². The Bertz CT molecular complexity index is 1470. The van der Waals surface area contributed by atoms with Crippen LogP contribution in [0.1, 0.15) is 73.3 Å². The lowest BCUT2D eigenvalue weighted by atomic mass is 9.85. The van der Waals surface area contributed by atoms with Crippen LogP contribution in [-0.2, 0) is 33.9 Å². The quantitative estimate of drug-likeness (QED) is 0.436. The van der Waals surface area contributed by atoms with E-state index in [9.17, 15) is 18.0 Å². The number of likely N-dealkylation sites (N-methyl/N-ethyl adjacent to an activating group) is 1. The summed E-state index contributed by atoms with van der Waals surface area (Å²) in [6, 6.07) is 2.97. The van der Waals surface area contributed by atoms with E-state index in [0.717, 1.165) is 24.2 Å². The van der Waals surface area contributed by atoms with Gasteiger partial charge in [-0.05, 0) is 88.6 Å². The number of amides is 2.